The van der Waals surface area contributed by atoms with Crippen molar-refractivity contribution in [2.75, 3.05) is 0 Å². The first-order valence-electron chi connectivity index (χ1n) is 5.06. The highest BCUT2D eigenvalue weighted by Gasteiger charge is 2.29. The fourth-order valence-corrected chi connectivity index (χ4v) is 2.43. The lowest BCUT2D eigenvalue weighted by molar-refractivity contribution is -0.146. The van der Waals surface area contributed by atoms with Crippen molar-refractivity contribution >= 4 is 22.3 Å². The minimum atomic E-state index is -0.780. The predicted octanol–water partition coefficient (Wildman–Crippen LogP) is 2.36. The first-order valence-corrected chi connectivity index (χ1v) is 5.94. The number of imidazole rings is 1. The van der Waals surface area contributed by atoms with Gasteiger partial charge in [-0.3, -0.25) is 9.20 Å². The van der Waals surface area contributed by atoms with Crippen molar-refractivity contribution in [1.29, 1.82) is 0 Å². The van der Waals surface area contributed by atoms with E-state index in [1.807, 2.05) is 22.9 Å². The molecular weight excluding hydrogens is 224 g/mol. The van der Waals surface area contributed by atoms with Crippen molar-refractivity contribution in [3.05, 3.63) is 23.0 Å². The van der Waals surface area contributed by atoms with Gasteiger partial charge in [-0.05, 0) is 20.8 Å². The Kier molecular flexibility index (Phi) is 2.50. The number of fused-ring (bicyclic) bond motifs is 1. The molecule has 0 saturated carbocycles. The summed E-state index contributed by atoms with van der Waals surface area (Å²) in [6, 6.07) is 0. The van der Waals surface area contributed by atoms with E-state index in [-0.39, 0.29) is 0 Å². The van der Waals surface area contributed by atoms with Gasteiger partial charge in [0.2, 0.25) is 0 Å². The van der Waals surface area contributed by atoms with Crippen LogP contribution in [0.25, 0.3) is 4.96 Å². The van der Waals surface area contributed by atoms with Crippen LogP contribution in [0.3, 0.4) is 0 Å². The summed E-state index contributed by atoms with van der Waals surface area (Å²) in [4.78, 5) is 16.4. The van der Waals surface area contributed by atoms with E-state index in [1.165, 1.54) is 0 Å². The van der Waals surface area contributed by atoms with Crippen molar-refractivity contribution in [3.63, 3.8) is 0 Å². The summed E-state index contributed by atoms with van der Waals surface area (Å²) < 4.78 is 1.98. The van der Waals surface area contributed by atoms with Gasteiger partial charge in [-0.2, -0.15) is 0 Å². The quantitative estimate of drug-likeness (QED) is 0.893. The molecule has 2 aromatic heterocycles. The van der Waals surface area contributed by atoms with Gasteiger partial charge in [0, 0.05) is 23.7 Å². The van der Waals surface area contributed by atoms with E-state index >= 15 is 0 Å². The van der Waals surface area contributed by atoms with Crippen molar-refractivity contribution in [1.82, 2.24) is 9.38 Å². The zero-order valence-corrected chi connectivity index (χ0v) is 10.3. The largest absolute Gasteiger partial charge is 0.481 e. The normalized spacial score (nSPS) is 12.2. The Balaban J connectivity index is 2.44. The molecule has 2 heterocycles. The highest BCUT2D eigenvalue weighted by atomic mass is 32.1. The molecule has 2 aromatic rings. The first kappa shape index (κ1) is 11.1. The highest BCUT2D eigenvalue weighted by molar-refractivity contribution is 7.15. The number of rotatable bonds is 3. The maximum atomic E-state index is 11.1. The van der Waals surface area contributed by atoms with E-state index in [4.69, 9.17) is 5.11 Å². The van der Waals surface area contributed by atoms with Crippen LogP contribution < -0.4 is 0 Å². The second-order valence-electron chi connectivity index (χ2n) is 4.57. The maximum Gasteiger partial charge on any atom is 0.309 e. The number of aromatic nitrogens is 2. The molecule has 0 amide bonds. The molecule has 0 aliphatic carbocycles. The molecule has 0 aromatic carbocycles. The molecule has 0 saturated heterocycles. The average Bonchev–Trinajstić information content (AvgIpc) is 2.70. The second kappa shape index (κ2) is 3.59. The molecule has 1 N–H and O–H groups in total. The Bertz CT molecular complexity index is 539. The van der Waals surface area contributed by atoms with Gasteiger partial charge in [0.1, 0.15) is 0 Å². The number of hydrogen-bond acceptors (Lipinski definition) is 3. The Morgan fingerprint density at radius 2 is 2.31 bits per heavy atom. The van der Waals surface area contributed by atoms with Gasteiger partial charge >= 0.3 is 5.97 Å². The zero-order valence-electron chi connectivity index (χ0n) is 9.52. The number of hydrogen-bond donors (Lipinski definition) is 1. The molecule has 86 valence electrons. The predicted molar refractivity (Wildman–Crippen MR) is 62.9 cm³/mol. The number of thiazole rings is 1. The third-order valence-corrected chi connectivity index (χ3v) is 3.51. The second-order valence-corrected chi connectivity index (χ2v) is 5.44. The van der Waals surface area contributed by atoms with Crippen LogP contribution >= 0.6 is 11.3 Å². The standard InChI is InChI=1S/C11H14N2O2S/c1-7-8(6-11(2,3)9(14)15)13-4-5-16-10(13)12-7/h4-5H,6H2,1-3H3,(H,14,15). The van der Waals surface area contributed by atoms with Crippen molar-refractivity contribution in [3.8, 4) is 0 Å². The molecule has 0 bridgehead atoms. The average molecular weight is 238 g/mol. The minimum Gasteiger partial charge on any atom is -0.481 e. The van der Waals surface area contributed by atoms with Crippen LogP contribution in [-0.4, -0.2) is 20.5 Å². The van der Waals surface area contributed by atoms with Gasteiger partial charge in [-0.25, -0.2) is 4.98 Å². The van der Waals surface area contributed by atoms with Gasteiger partial charge in [0.05, 0.1) is 11.1 Å². The Labute approximate surface area is 97.6 Å². The van der Waals surface area contributed by atoms with Crippen molar-refractivity contribution in [2.45, 2.75) is 27.2 Å². The third-order valence-electron chi connectivity index (χ3n) is 2.75. The lowest BCUT2D eigenvalue weighted by Crippen LogP contribution is -2.27. The summed E-state index contributed by atoms with van der Waals surface area (Å²) in [5.74, 6) is -0.780. The minimum absolute atomic E-state index is 0.492. The summed E-state index contributed by atoms with van der Waals surface area (Å²) in [5, 5.41) is 11.1. The van der Waals surface area contributed by atoms with Crippen LogP contribution in [0.15, 0.2) is 11.6 Å². The van der Waals surface area contributed by atoms with Crippen LogP contribution in [0, 0.1) is 12.3 Å². The molecule has 0 spiro atoms. The third kappa shape index (κ3) is 1.71. The van der Waals surface area contributed by atoms with Gasteiger partial charge in [0.15, 0.2) is 4.96 Å². The van der Waals surface area contributed by atoms with E-state index in [9.17, 15) is 4.79 Å². The molecule has 4 nitrogen and oxygen atoms in total. The fraction of sp³-hybridized carbons (Fsp3) is 0.455. The topological polar surface area (TPSA) is 54.6 Å². The summed E-state index contributed by atoms with van der Waals surface area (Å²) in [5.41, 5.74) is 1.15. The molecule has 0 fully saturated rings. The van der Waals surface area contributed by atoms with Gasteiger partial charge in [-0.15, -0.1) is 11.3 Å². The van der Waals surface area contributed by atoms with Gasteiger partial charge in [-0.1, -0.05) is 0 Å². The number of nitrogens with zero attached hydrogens (tertiary/aromatic N) is 2. The lowest BCUT2D eigenvalue weighted by Gasteiger charge is -2.18. The molecular formula is C11H14N2O2S. The van der Waals surface area contributed by atoms with E-state index in [1.54, 1.807) is 25.2 Å². The van der Waals surface area contributed by atoms with Crippen LogP contribution in [0.2, 0.25) is 0 Å². The summed E-state index contributed by atoms with van der Waals surface area (Å²) in [6.45, 7) is 5.40. The molecule has 0 unspecified atom stereocenters. The fourth-order valence-electron chi connectivity index (χ4n) is 1.65. The van der Waals surface area contributed by atoms with Gasteiger partial charge in [0.25, 0.3) is 0 Å². The number of aliphatic carboxylic acids is 1. The van der Waals surface area contributed by atoms with E-state index in [2.05, 4.69) is 4.98 Å². The Morgan fingerprint density at radius 3 is 2.94 bits per heavy atom. The maximum absolute atomic E-state index is 11.1. The van der Waals surface area contributed by atoms with Crippen molar-refractivity contribution in [2.24, 2.45) is 5.41 Å². The number of aryl methyl sites for hydroxylation is 1. The SMILES string of the molecule is Cc1nc2sccn2c1CC(C)(C)C(=O)O. The van der Waals surface area contributed by atoms with Crippen LogP contribution in [0.4, 0.5) is 0 Å². The molecule has 5 heteroatoms. The van der Waals surface area contributed by atoms with E-state index in [0.29, 0.717) is 6.42 Å². The van der Waals surface area contributed by atoms with Crippen LogP contribution in [-0.2, 0) is 11.2 Å². The first-order chi connectivity index (χ1) is 7.42. The molecule has 2 rings (SSSR count). The summed E-state index contributed by atoms with van der Waals surface area (Å²) >= 11 is 1.56. The number of carboxylic acids is 1. The van der Waals surface area contributed by atoms with Crippen LogP contribution in [0.1, 0.15) is 25.2 Å². The molecule has 0 aliphatic rings. The smallest absolute Gasteiger partial charge is 0.309 e. The molecule has 0 radical (unpaired) electrons. The van der Waals surface area contributed by atoms with Crippen LogP contribution in [0.5, 0.6) is 0 Å². The lowest BCUT2D eigenvalue weighted by atomic mass is 9.87. The number of carboxylic acid groups (broad SMARTS) is 1. The zero-order chi connectivity index (χ0) is 11.9. The molecule has 0 atom stereocenters. The summed E-state index contributed by atoms with van der Waals surface area (Å²) in [7, 11) is 0. The molecule has 16 heavy (non-hydrogen) atoms. The Hall–Kier alpha value is -1.36. The number of carbonyl (C=O) groups is 1. The van der Waals surface area contributed by atoms with E-state index < -0.39 is 11.4 Å². The highest BCUT2D eigenvalue weighted by Crippen LogP contribution is 2.26. The van der Waals surface area contributed by atoms with Crippen molar-refractivity contribution < 1.29 is 9.90 Å². The summed E-state index contributed by atoms with van der Waals surface area (Å²) in [6.07, 6.45) is 2.43. The Morgan fingerprint density at radius 1 is 1.62 bits per heavy atom. The van der Waals surface area contributed by atoms with Gasteiger partial charge < -0.3 is 5.11 Å². The van der Waals surface area contributed by atoms with E-state index in [0.717, 1.165) is 16.3 Å². The molecule has 0 aliphatic heterocycles. The monoisotopic (exact) mass is 238 g/mol.